The van der Waals surface area contributed by atoms with Crippen LogP contribution in [0.5, 0.6) is 5.88 Å². The van der Waals surface area contributed by atoms with Crippen LogP contribution < -0.4 is 5.56 Å². The van der Waals surface area contributed by atoms with Crippen molar-refractivity contribution in [3.8, 4) is 11.6 Å². The van der Waals surface area contributed by atoms with E-state index in [2.05, 4.69) is 33.0 Å². The Morgan fingerprint density at radius 2 is 2.03 bits per heavy atom. The van der Waals surface area contributed by atoms with E-state index in [1.165, 1.54) is 12.0 Å². The van der Waals surface area contributed by atoms with E-state index in [1.54, 1.807) is 12.3 Å². The van der Waals surface area contributed by atoms with Crippen molar-refractivity contribution in [1.29, 1.82) is 0 Å². The van der Waals surface area contributed by atoms with Gasteiger partial charge in [0.05, 0.1) is 5.56 Å². The number of aromatic amines is 1. The fourth-order valence-corrected chi connectivity index (χ4v) is 4.25. The number of aliphatic imine (C=N–C) groups is 1. The highest BCUT2D eigenvalue weighted by atomic mass is 16.3. The number of benzene rings is 1. The number of aromatic hydroxyl groups is 1. The fourth-order valence-electron chi connectivity index (χ4n) is 4.25. The quantitative estimate of drug-likeness (QED) is 0.496. The molecule has 31 heavy (non-hydrogen) atoms. The highest BCUT2D eigenvalue weighted by Crippen LogP contribution is 2.30. The van der Waals surface area contributed by atoms with Crippen LogP contribution in [0.4, 0.5) is 5.82 Å². The standard InChI is InChI=1S/C24H23N5O2/c1-28-10-4-5-21(28)16-6-9-22(25-14-16)26-15-20-19-13-17(29-11-2-3-12-29)7-8-18(19)23(30)27-24(20)31/h2-3,6-9,11-15,21H,4-5,10H2,1H3,(H2,27,30,31). The summed E-state index contributed by atoms with van der Waals surface area (Å²) in [6.07, 6.45) is 9.61. The van der Waals surface area contributed by atoms with Crippen LogP contribution >= 0.6 is 0 Å². The maximum absolute atomic E-state index is 12.3. The van der Waals surface area contributed by atoms with Crippen LogP contribution in [-0.4, -0.2) is 44.3 Å². The van der Waals surface area contributed by atoms with Gasteiger partial charge in [0, 0.05) is 47.3 Å². The molecule has 1 saturated heterocycles. The molecule has 0 radical (unpaired) electrons. The molecule has 1 atom stereocenters. The van der Waals surface area contributed by atoms with Crippen molar-refractivity contribution in [2.24, 2.45) is 4.99 Å². The zero-order valence-electron chi connectivity index (χ0n) is 17.2. The van der Waals surface area contributed by atoms with Crippen molar-refractivity contribution >= 4 is 22.8 Å². The average Bonchev–Trinajstić information content (AvgIpc) is 3.46. The Kier molecular flexibility index (Phi) is 4.88. The van der Waals surface area contributed by atoms with Crippen molar-refractivity contribution < 1.29 is 5.11 Å². The maximum Gasteiger partial charge on any atom is 0.258 e. The third-order valence-corrected chi connectivity index (χ3v) is 5.93. The first-order valence-corrected chi connectivity index (χ1v) is 10.3. The van der Waals surface area contributed by atoms with Gasteiger partial charge in [-0.15, -0.1) is 0 Å². The lowest BCUT2D eigenvalue weighted by Crippen LogP contribution is -2.17. The molecule has 7 heteroatoms. The molecule has 1 aliphatic rings. The van der Waals surface area contributed by atoms with Gasteiger partial charge in [0.15, 0.2) is 5.82 Å². The second-order valence-corrected chi connectivity index (χ2v) is 7.88. The van der Waals surface area contributed by atoms with Crippen molar-refractivity contribution in [3.63, 3.8) is 0 Å². The van der Waals surface area contributed by atoms with E-state index in [9.17, 15) is 9.90 Å². The Morgan fingerprint density at radius 1 is 1.19 bits per heavy atom. The molecule has 0 spiro atoms. The molecule has 2 N–H and O–H groups in total. The third-order valence-electron chi connectivity index (χ3n) is 5.93. The number of likely N-dealkylation sites (tertiary alicyclic amines) is 1. The summed E-state index contributed by atoms with van der Waals surface area (Å²) in [5.41, 5.74) is 2.19. The minimum atomic E-state index is -0.341. The number of nitrogens with one attached hydrogen (secondary N) is 1. The van der Waals surface area contributed by atoms with Gasteiger partial charge in [0.25, 0.3) is 5.56 Å². The third kappa shape index (κ3) is 3.64. The largest absolute Gasteiger partial charge is 0.494 e. The number of hydrogen-bond acceptors (Lipinski definition) is 5. The summed E-state index contributed by atoms with van der Waals surface area (Å²) in [5.74, 6) is 0.333. The number of rotatable bonds is 4. The van der Waals surface area contributed by atoms with Gasteiger partial charge >= 0.3 is 0 Å². The van der Waals surface area contributed by atoms with E-state index < -0.39 is 0 Å². The van der Waals surface area contributed by atoms with Gasteiger partial charge in [-0.1, -0.05) is 6.07 Å². The Bertz CT molecular complexity index is 1310. The second kappa shape index (κ2) is 7.85. The van der Waals surface area contributed by atoms with Gasteiger partial charge in [-0.05, 0) is 68.4 Å². The van der Waals surface area contributed by atoms with E-state index in [0.29, 0.717) is 28.2 Å². The molecule has 0 amide bonds. The Labute approximate surface area is 179 Å². The van der Waals surface area contributed by atoms with Gasteiger partial charge in [-0.3, -0.25) is 14.7 Å². The first-order chi connectivity index (χ1) is 15.1. The molecule has 0 aliphatic carbocycles. The summed E-state index contributed by atoms with van der Waals surface area (Å²) in [6, 6.07) is 13.7. The van der Waals surface area contributed by atoms with E-state index in [4.69, 9.17) is 0 Å². The minimum Gasteiger partial charge on any atom is -0.494 e. The smallest absolute Gasteiger partial charge is 0.258 e. The molecule has 1 unspecified atom stereocenters. The molecule has 0 bridgehead atoms. The van der Waals surface area contributed by atoms with E-state index >= 15 is 0 Å². The summed E-state index contributed by atoms with van der Waals surface area (Å²) >= 11 is 0. The summed E-state index contributed by atoms with van der Waals surface area (Å²) in [7, 11) is 2.13. The zero-order chi connectivity index (χ0) is 21.4. The Morgan fingerprint density at radius 3 is 2.74 bits per heavy atom. The van der Waals surface area contributed by atoms with Gasteiger partial charge in [-0.25, -0.2) is 9.98 Å². The average molecular weight is 413 g/mol. The molecule has 3 aromatic heterocycles. The first kappa shape index (κ1) is 19.3. The van der Waals surface area contributed by atoms with Crippen LogP contribution in [-0.2, 0) is 0 Å². The SMILES string of the molecule is CN1CCCC1c1ccc(N=Cc2c(O)[nH]c(=O)c3ccc(-n4cccc4)cc23)nc1. The van der Waals surface area contributed by atoms with E-state index in [-0.39, 0.29) is 11.4 Å². The Balaban J connectivity index is 1.51. The number of fused-ring (bicyclic) bond motifs is 1. The number of pyridine rings is 2. The monoisotopic (exact) mass is 413 g/mol. The van der Waals surface area contributed by atoms with E-state index in [1.807, 2.05) is 53.5 Å². The normalized spacial score (nSPS) is 17.1. The Hall–Kier alpha value is -3.71. The van der Waals surface area contributed by atoms with Crippen LogP contribution in [0.2, 0.25) is 0 Å². The number of nitrogens with zero attached hydrogens (tertiary/aromatic N) is 4. The lowest BCUT2D eigenvalue weighted by Gasteiger charge is -2.19. The molecule has 1 fully saturated rings. The summed E-state index contributed by atoms with van der Waals surface area (Å²) in [5, 5.41) is 11.5. The molecule has 7 nitrogen and oxygen atoms in total. The van der Waals surface area contributed by atoms with Crippen molar-refractivity contribution in [2.45, 2.75) is 18.9 Å². The minimum absolute atomic E-state index is 0.213. The van der Waals surface area contributed by atoms with Crippen LogP contribution in [0.25, 0.3) is 16.5 Å². The van der Waals surface area contributed by atoms with Gasteiger partial charge in [0.2, 0.25) is 5.88 Å². The lowest BCUT2D eigenvalue weighted by molar-refractivity contribution is 0.317. The van der Waals surface area contributed by atoms with Crippen molar-refractivity contribution in [3.05, 3.63) is 82.5 Å². The molecule has 1 aromatic carbocycles. The predicted octanol–water partition coefficient (Wildman–Crippen LogP) is 3.94. The molecular formula is C24H23N5O2. The maximum atomic E-state index is 12.3. The first-order valence-electron chi connectivity index (χ1n) is 10.3. The van der Waals surface area contributed by atoms with Crippen LogP contribution in [0.1, 0.15) is 30.0 Å². The van der Waals surface area contributed by atoms with Gasteiger partial charge in [0.1, 0.15) is 0 Å². The van der Waals surface area contributed by atoms with Gasteiger partial charge < -0.3 is 9.67 Å². The molecule has 5 rings (SSSR count). The molecule has 0 saturated carbocycles. The molecule has 156 valence electrons. The molecule has 4 aromatic rings. The number of hydrogen-bond donors (Lipinski definition) is 2. The van der Waals surface area contributed by atoms with Crippen molar-refractivity contribution in [2.75, 3.05) is 13.6 Å². The van der Waals surface area contributed by atoms with E-state index in [0.717, 1.165) is 18.7 Å². The summed E-state index contributed by atoms with van der Waals surface area (Å²) in [4.78, 5) is 26.1. The topological polar surface area (TPSA) is 86.5 Å². The highest BCUT2D eigenvalue weighted by Gasteiger charge is 2.22. The molecule has 1 aliphatic heterocycles. The fraction of sp³-hybridized carbons (Fsp3) is 0.208. The molecule has 4 heterocycles. The zero-order valence-corrected chi connectivity index (χ0v) is 17.2. The lowest BCUT2D eigenvalue weighted by atomic mass is 10.1. The summed E-state index contributed by atoms with van der Waals surface area (Å²) in [6.45, 7) is 1.11. The number of H-pyrrole nitrogens is 1. The van der Waals surface area contributed by atoms with Crippen LogP contribution in [0.15, 0.2) is 70.8 Å². The summed E-state index contributed by atoms with van der Waals surface area (Å²) < 4.78 is 1.94. The highest BCUT2D eigenvalue weighted by molar-refractivity contribution is 6.02. The molecular weight excluding hydrogens is 390 g/mol. The van der Waals surface area contributed by atoms with Crippen LogP contribution in [0.3, 0.4) is 0 Å². The second-order valence-electron chi connectivity index (χ2n) is 7.88. The van der Waals surface area contributed by atoms with Crippen LogP contribution in [0, 0.1) is 0 Å². The number of aromatic nitrogens is 3. The predicted molar refractivity (Wildman–Crippen MR) is 122 cm³/mol. The van der Waals surface area contributed by atoms with Gasteiger partial charge in [-0.2, -0.15) is 0 Å². The van der Waals surface area contributed by atoms with Crippen molar-refractivity contribution in [1.82, 2.24) is 19.4 Å².